The molecule has 0 saturated carbocycles. The summed E-state index contributed by atoms with van der Waals surface area (Å²) >= 11 is 0. The molecule has 0 aliphatic heterocycles. The molecule has 1 aromatic heterocycles. The third kappa shape index (κ3) is 2.61. The fourth-order valence-corrected chi connectivity index (χ4v) is 1.58. The second-order valence-electron chi connectivity index (χ2n) is 4.31. The zero-order valence-electron chi connectivity index (χ0n) is 10.2. The van der Waals surface area contributed by atoms with Gasteiger partial charge >= 0.3 is 11.1 Å². The molecule has 1 heterocycles. The van der Waals surface area contributed by atoms with Crippen molar-refractivity contribution in [3.63, 3.8) is 0 Å². The van der Waals surface area contributed by atoms with Crippen molar-refractivity contribution in [1.82, 2.24) is 14.5 Å². The third-order valence-corrected chi connectivity index (χ3v) is 2.80. The van der Waals surface area contributed by atoms with Crippen molar-refractivity contribution in [2.45, 2.75) is 26.4 Å². The van der Waals surface area contributed by atoms with E-state index in [4.69, 9.17) is 0 Å². The van der Waals surface area contributed by atoms with Crippen LogP contribution in [0.4, 0.5) is 0 Å². The zero-order valence-corrected chi connectivity index (χ0v) is 10.2. The molecule has 1 unspecified atom stereocenters. The molecule has 0 aromatic carbocycles. The first-order valence-corrected chi connectivity index (χ1v) is 5.40. The van der Waals surface area contributed by atoms with Gasteiger partial charge in [-0.3, -0.25) is 9.59 Å². The van der Waals surface area contributed by atoms with Crippen molar-refractivity contribution in [3.8, 4) is 0 Å². The smallest absolute Gasteiger partial charge is 0.315 e. The Morgan fingerprint density at radius 2 is 1.88 bits per heavy atom. The number of hydrogen-bond acceptors (Lipinski definition) is 3. The van der Waals surface area contributed by atoms with Gasteiger partial charge in [-0.15, -0.1) is 0 Å². The molecule has 0 aliphatic rings. The van der Waals surface area contributed by atoms with Crippen LogP contribution in [-0.4, -0.2) is 22.2 Å². The second-order valence-corrected chi connectivity index (χ2v) is 4.31. The van der Waals surface area contributed by atoms with E-state index in [-0.39, 0.29) is 6.04 Å². The quantitative estimate of drug-likeness (QED) is 0.721. The molecule has 0 radical (unpaired) electrons. The van der Waals surface area contributed by atoms with Crippen molar-refractivity contribution in [2.24, 2.45) is 13.0 Å². The number of rotatable bonds is 4. The van der Waals surface area contributed by atoms with E-state index in [9.17, 15) is 9.59 Å². The van der Waals surface area contributed by atoms with E-state index in [0.717, 1.165) is 0 Å². The average Bonchev–Trinajstić information content (AvgIpc) is 2.25. The highest BCUT2D eigenvalue weighted by molar-refractivity contribution is 4.86. The van der Waals surface area contributed by atoms with Crippen LogP contribution >= 0.6 is 0 Å². The van der Waals surface area contributed by atoms with Gasteiger partial charge in [0.15, 0.2) is 0 Å². The van der Waals surface area contributed by atoms with Gasteiger partial charge in [0.1, 0.15) is 0 Å². The minimum atomic E-state index is -0.485. The summed E-state index contributed by atoms with van der Waals surface area (Å²) in [7, 11) is 3.43. The molecule has 0 fully saturated rings. The van der Waals surface area contributed by atoms with E-state index >= 15 is 0 Å². The molecule has 0 saturated heterocycles. The highest BCUT2D eigenvalue weighted by atomic mass is 16.2. The Morgan fingerprint density at radius 1 is 1.25 bits per heavy atom. The van der Waals surface area contributed by atoms with E-state index in [1.807, 2.05) is 7.05 Å². The van der Waals surface area contributed by atoms with Crippen molar-refractivity contribution >= 4 is 0 Å². The van der Waals surface area contributed by atoms with E-state index in [0.29, 0.717) is 12.5 Å². The number of likely N-dealkylation sites (N-methyl/N-ethyl adjacent to an activating group) is 1. The van der Waals surface area contributed by atoms with Crippen LogP contribution in [0.2, 0.25) is 0 Å². The molecule has 0 bridgehead atoms. The van der Waals surface area contributed by atoms with Crippen molar-refractivity contribution in [2.75, 3.05) is 7.05 Å². The Balaban J connectivity index is 3.03. The van der Waals surface area contributed by atoms with Crippen LogP contribution in [0.1, 0.15) is 13.8 Å². The van der Waals surface area contributed by atoms with Crippen molar-refractivity contribution < 1.29 is 0 Å². The maximum Gasteiger partial charge on any atom is 0.316 e. The molecule has 1 rings (SSSR count). The summed E-state index contributed by atoms with van der Waals surface area (Å²) < 4.78 is 2.76. The van der Waals surface area contributed by atoms with Gasteiger partial charge in [-0.05, 0) is 13.0 Å². The summed E-state index contributed by atoms with van der Waals surface area (Å²) in [6.07, 6.45) is 3.26. The summed E-state index contributed by atoms with van der Waals surface area (Å²) in [6, 6.07) is 0.185. The van der Waals surface area contributed by atoms with Crippen LogP contribution in [0.15, 0.2) is 22.0 Å². The Labute approximate surface area is 94.7 Å². The van der Waals surface area contributed by atoms with Crippen LogP contribution in [-0.2, 0) is 13.6 Å². The van der Waals surface area contributed by atoms with Crippen LogP contribution in [0.5, 0.6) is 0 Å². The molecule has 1 aromatic rings. The maximum absolute atomic E-state index is 11.7. The van der Waals surface area contributed by atoms with Gasteiger partial charge in [0.2, 0.25) is 0 Å². The van der Waals surface area contributed by atoms with Gasteiger partial charge in [0.05, 0.1) is 0 Å². The number of aromatic nitrogens is 2. The lowest BCUT2D eigenvalue weighted by atomic mass is 10.0. The number of aryl methyl sites for hydroxylation is 1. The Kier molecular flexibility index (Phi) is 4.06. The summed E-state index contributed by atoms with van der Waals surface area (Å²) in [5.74, 6) is 0.404. The average molecular weight is 225 g/mol. The molecule has 5 nitrogen and oxygen atoms in total. The Bertz CT molecular complexity index is 459. The first-order valence-electron chi connectivity index (χ1n) is 5.40. The molecule has 0 spiro atoms. The highest BCUT2D eigenvalue weighted by Crippen LogP contribution is 2.02. The lowest BCUT2D eigenvalue weighted by Gasteiger charge is -2.21. The number of hydrogen-bond donors (Lipinski definition) is 1. The van der Waals surface area contributed by atoms with Gasteiger partial charge in [-0.25, -0.2) is 0 Å². The molecular formula is C11H19N3O2. The summed E-state index contributed by atoms with van der Waals surface area (Å²) in [6.45, 7) is 4.67. The van der Waals surface area contributed by atoms with Gasteiger partial charge in [0.25, 0.3) is 0 Å². The second kappa shape index (κ2) is 5.12. The van der Waals surface area contributed by atoms with Crippen molar-refractivity contribution in [1.29, 1.82) is 0 Å². The number of nitrogens with zero attached hydrogens (tertiary/aromatic N) is 2. The van der Waals surface area contributed by atoms with Crippen LogP contribution in [0.3, 0.4) is 0 Å². The molecule has 0 amide bonds. The zero-order chi connectivity index (χ0) is 12.3. The minimum absolute atomic E-state index is 0.185. The highest BCUT2D eigenvalue weighted by Gasteiger charge is 2.13. The normalized spacial score (nSPS) is 13.1. The number of nitrogens with one attached hydrogen (secondary N) is 1. The van der Waals surface area contributed by atoms with E-state index in [1.165, 1.54) is 9.13 Å². The van der Waals surface area contributed by atoms with Crippen molar-refractivity contribution in [3.05, 3.63) is 33.1 Å². The maximum atomic E-state index is 11.7. The Morgan fingerprint density at radius 3 is 2.38 bits per heavy atom. The SMILES string of the molecule is CNC(Cn1ccn(C)c(=O)c1=O)C(C)C. The summed E-state index contributed by atoms with van der Waals surface area (Å²) in [4.78, 5) is 23.1. The largest absolute Gasteiger partial charge is 0.316 e. The summed E-state index contributed by atoms with van der Waals surface area (Å²) in [5.41, 5.74) is -0.952. The molecule has 1 N–H and O–H groups in total. The molecular weight excluding hydrogens is 206 g/mol. The summed E-state index contributed by atoms with van der Waals surface area (Å²) in [5, 5.41) is 3.14. The van der Waals surface area contributed by atoms with Gasteiger partial charge in [-0.1, -0.05) is 13.8 Å². The Hall–Kier alpha value is -1.36. The molecule has 0 aliphatic carbocycles. The minimum Gasteiger partial charge on any atom is -0.315 e. The fraction of sp³-hybridized carbons (Fsp3) is 0.636. The molecule has 90 valence electrons. The van der Waals surface area contributed by atoms with Crippen LogP contribution in [0.25, 0.3) is 0 Å². The first kappa shape index (κ1) is 12.7. The van der Waals surface area contributed by atoms with E-state index < -0.39 is 11.1 Å². The lowest BCUT2D eigenvalue weighted by molar-refractivity contribution is 0.371. The van der Waals surface area contributed by atoms with Gasteiger partial charge in [0, 0.05) is 32.0 Å². The molecule has 1 atom stereocenters. The lowest BCUT2D eigenvalue weighted by Crippen LogP contribution is -2.44. The first-order chi connectivity index (χ1) is 7.47. The standard InChI is InChI=1S/C11H19N3O2/c1-8(2)9(12-3)7-14-6-5-13(4)10(15)11(14)16/h5-6,8-9,12H,7H2,1-4H3. The fourth-order valence-electron chi connectivity index (χ4n) is 1.58. The third-order valence-electron chi connectivity index (χ3n) is 2.80. The van der Waals surface area contributed by atoms with Gasteiger partial charge < -0.3 is 14.5 Å². The van der Waals surface area contributed by atoms with Crippen LogP contribution < -0.4 is 16.4 Å². The topological polar surface area (TPSA) is 56.0 Å². The predicted molar refractivity (Wildman–Crippen MR) is 63.6 cm³/mol. The predicted octanol–water partition coefficient (Wildman–Crippen LogP) is -0.209. The molecule has 5 heteroatoms. The van der Waals surface area contributed by atoms with Crippen LogP contribution in [0, 0.1) is 5.92 Å². The van der Waals surface area contributed by atoms with Gasteiger partial charge in [-0.2, -0.15) is 0 Å². The van der Waals surface area contributed by atoms with E-state index in [1.54, 1.807) is 19.4 Å². The monoisotopic (exact) mass is 225 g/mol. The van der Waals surface area contributed by atoms with E-state index in [2.05, 4.69) is 19.2 Å². The molecule has 16 heavy (non-hydrogen) atoms.